The van der Waals surface area contributed by atoms with E-state index in [9.17, 15) is 13.2 Å². The van der Waals surface area contributed by atoms with E-state index in [2.05, 4.69) is 5.32 Å². The van der Waals surface area contributed by atoms with Gasteiger partial charge in [0.2, 0.25) is 0 Å². The molecule has 6 heteroatoms. The Morgan fingerprint density at radius 1 is 1.16 bits per heavy atom. The largest absolute Gasteiger partial charge is 0.493 e. The standard InChI is InChI=1S/C19H19F3N2O/c1-14(17-9-2-3-10-18(17)19(20,21)22)24-15-7-6-8-16(13-15)25-12-5-4-11-23/h2-3,6-10,13-14,24H,4-5,12H2,1H3. The van der Waals surface area contributed by atoms with Crippen LogP contribution in [0.25, 0.3) is 0 Å². The van der Waals surface area contributed by atoms with Gasteiger partial charge < -0.3 is 10.1 Å². The molecule has 132 valence electrons. The summed E-state index contributed by atoms with van der Waals surface area (Å²) in [5.41, 5.74) is 0.219. The van der Waals surface area contributed by atoms with Crippen LogP contribution in [0.5, 0.6) is 5.75 Å². The summed E-state index contributed by atoms with van der Waals surface area (Å²) < 4.78 is 45.0. The molecule has 0 radical (unpaired) electrons. The number of anilines is 1. The van der Waals surface area contributed by atoms with Gasteiger partial charge in [-0.3, -0.25) is 0 Å². The number of nitrogens with one attached hydrogen (secondary N) is 1. The summed E-state index contributed by atoms with van der Waals surface area (Å²) >= 11 is 0. The SMILES string of the molecule is CC(Nc1cccc(OCCCC#N)c1)c1ccccc1C(F)(F)F. The Labute approximate surface area is 145 Å². The molecule has 1 unspecified atom stereocenters. The molecular formula is C19H19F3N2O. The molecule has 1 N–H and O–H groups in total. The molecule has 0 bridgehead atoms. The molecule has 25 heavy (non-hydrogen) atoms. The lowest BCUT2D eigenvalue weighted by atomic mass is 10.0. The Kier molecular flexibility index (Phi) is 6.29. The van der Waals surface area contributed by atoms with Crippen molar-refractivity contribution in [2.45, 2.75) is 32.0 Å². The van der Waals surface area contributed by atoms with Crippen LogP contribution in [0.3, 0.4) is 0 Å². The lowest BCUT2D eigenvalue weighted by molar-refractivity contribution is -0.138. The van der Waals surface area contributed by atoms with Crippen molar-refractivity contribution in [3.8, 4) is 11.8 Å². The van der Waals surface area contributed by atoms with E-state index in [-0.39, 0.29) is 5.56 Å². The van der Waals surface area contributed by atoms with E-state index in [0.29, 0.717) is 30.9 Å². The number of benzene rings is 2. The Bertz CT molecular complexity index is 738. The van der Waals surface area contributed by atoms with Crippen LogP contribution in [-0.4, -0.2) is 6.61 Å². The van der Waals surface area contributed by atoms with Gasteiger partial charge in [0.15, 0.2) is 0 Å². The predicted molar refractivity (Wildman–Crippen MR) is 90.3 cm³/mol. The van der Waals surface area contributed by atoms with E-state index >= 15 is 0 Å². The average Bonchev–Trinajstić information content (AvgIpc) is 2.58. The maximum absolute atomic E-state index is 13.1. The van der Waals surface area contributed by atoms with Crippen LogP contribution in [-0.2, 0) is 6.18 Å². The predicted octanol–water partition coefficient (Wildman–Crippen LogP) is 5.56. The van der Waals surface area contributed by atoms with E-state index in [1.807, 2.05) is 6.07 Å². The van der Waals surface area contributed by atoms with Gasteiger partial charge in [0.25, 0.3) is 0 Å². The number of hydrogen-bond acceptors (Lipinski definition) is 3. The molecule has 0 saturated carbocycles. The van der Waals surface area contributed by atoms with Gasteiger partial charge in [-0.05, 0) is 37.1 Å². The summed E-state index contributed by atoms with van der Waals surface area (Å²) in [7, 11) is 0. The molecule has 2 rings (SSSR count). The summed E-state index contributed by atoms with van der Waals surface area (Å²) in [5.74, 6) is 0.610. The van der Waals surface area contributed by atoms with E-state index in [1.165, 1.54) is 12.1 Å². The first-order chi connectivity index (χ1) is 11.9. The summed E-state index contributed by atoms with van der Waals surface area (Å²) in [6, 6.07) is 14.1. The number of nitrogens with zero attached hydrogens (tertiary/aromatic N) is 1. The highest BCUT2D eigenvalue weighted by Gasteiger charge is 2.34. The molecule has 0 fully saturated rings. The fourth-order valence-electron chi connectivity index (χ4n) is 2.48. The van der Waals surface area contributed by atoms with Crippen molar-refractivity contribution in [2.24, 2.45) is 0 Å². The average molecular weight is 348 g/mol. The summed E-state index contributed by atoms with van der Waals surface area (Å²) in [4.78, 5) is 0. The van der Waals surface area contributed by atoms with Crippen molar-refractivity contribution >= 4 is 5.69 Å². The summed E-state index contributed by atoms with van der Waals surface area (Å²) in [6.07, 6.45) is -3.34. The van der Waals surface area contributed by atoms with Crippen molar-refractivity contribution < 1.29 is 17.9 Å². The van der Waals surface area contributed by atoms with Crippen LogP contribution in [0.15, 0.2) is 48.5 Å². The van der Waals surface area contributed by atoms with Gasteiger partial charge in [0, 0.05) is 24.2 Å². The van der Waals surface area contributed by atoms with Gasteiger partial charge in [0.05, 0.1) is 18.2 Å². The van der Waals surface area contributed by atoms with Crippen LogP contribution in [0.2, 0.25) is 0 Å². The molecule has 1 atom stereocenters. The molecule has 0 aliphatic heterocycles. The quantitative estimate of drug-likeness (QED) is 0.666. The maximum Gasteiger partial charge on any atom is 0.416 e. The third-order valence-electron chi connectivity index (χ3n) is 3.65. The molecule has 0 aliphatic rings. The van der Waals surface area contributed by atoms with Gasteiger partial charge in [-0.25, -0.2) is 0 Å². The number of hydrogen-bond donors (Lipinski definition) is 1. The van der Waals surface area contributed by atoms with E-state index in [4.69, 9.17) is 10.00 Å². The number of rotatable bonds is 7. The number of ether oxygens (including phenoxy) is 1. The molecule has 0 aliphatic carbocycles. The molecule has 2 aromatic carbocycles. The highest BCUT2D eigenvalue weighted by molar-refractivity contribution is 5.50. The second kappa shape index (κ2) is 8.43. The highest BCUT2D eigenvalue weighted by Crippen LogP contribution is 2.35. The fraction of sp³-hybridized carbons (Fsp3) is 0.316. The lowest BCUT2D eigenvalue weighted by Crippen LogP contribution is -2.15. The third-order valence-corrected chi connectivity index (χ3v) is 3.65. The zero-order valence-electron chi connectivity index (χ0n) is 13.8. The molecule has 0 spiro atoms. The Morgan fingerprint density at radius 2 is 1.92 bits per heavy atom. The zero-order chi connectivity index (χ0) is 18.3. The smallest absolute Gasteiger partial charge is 0.416 e. The van der Waals surface area contributed by atoms with Crippen LogP contribution in [0, 0.1) is 11.3 Å². The van der Waals surface area contributed by atoms with Crippen molar-refractivity contribution in [1.82, 2.24) is 0 Å². The minimum atomic E-state index is -4.39. The van der Waals surface area contributed by atoms with E-state index < -0.39 is 17.8 Å². The third kappa shape index (κ3) is 5.42. The van der Waals surface area contributed by atoms with Crippen molar-refractivity contribution in [1.29, 1.82) is 5.26 Å². The van der Waals surface area contributed by atoms with Gasteiger partial charge in [-0.1, -0.05) is 24.3 Å². The molecule has 0 heterocycles. The summed E-state index contributed by atoms with van der Waals surface area (Å²) in [6.45, 7) is 2.11. The van der Waals surface area contributed by atoms with E-state index in [0.717, 1.165) is 6.07 Å². The number of halogens is 3. The van der Waals surface area contributed by atoms with Crippen LogP contribution < -0.4 is 10.1 Å². The topological polar surface area (TPSA) is 45.0 Å². The van der Waals surface area contributed by atoms with Crippen LogP contribution in [0.1, 0.15) is 36.9 Å². The first kappa shape index (κ1) is 18.7. The second-order valence-corrected chi connectivity index (χ2v) is 5.59. The van der Waals surface area contributed by atoms with Gasteiger partial charge in [-0.2, -0.15) is 18.4 Å². The zero-order valence-corrected chi connectivity index (χ0v) is 13.8. The Hall–Kier alpha value is -2.68. The number of alkyl halides is 3. The second-order valence-electron chi connectivity index (χ2n) is 5.59. The first-order valence-electron chi connectivity index (χ1n) is 7.94. The lowest BCUT2D eigenvalue weighted by Gasteiger charge is -2.20. The minimum absolute atomic E-state index is 0.190. The molecular weight excluding hydrogens is 329 g/mol. The van der Waals surface area contributed by atoms with Gasteiger partial charge in [0.1, 0.15) is 5.75 Å². The van der Waals surface area contributed by atoms with Crippen molar-refractivity contribution in [2.75, 3.05) is 11.9 Å². The highest BCUT2D eigenvalue weighted by atomic mass is 19.4. The molecule has 0 saturated heterocycles. The van der Waals surface area contributed by atoms with Crippen LogP contribution >= 0.6 is 0 Å². The first-order valence-corrected chi connectivity index (χ1v) is 7.94. The normalized spacial score (nSPS) is 12.3. The van der Waals surface area contributed by atoms with Gasteiger partial charge in [-0.15, -0.1) is 0 Å². The maximum atomic E-state index is 13.1. The molecule has 3 nitrogen and oxygen atoms in total. The minimum Gasteiger partial charge on any atom is -0.493 e. The number of unbranched alkanes of at least 4 members (excludes halogenated alkanes) is 1. The fourth-order valence-corrected chi connectivity index (χ4v) is 2.48. The molecule has 0 amide bonds. The van der Waals surface area contributed by atoms with Crippen LogP contribution in [0.4, 0.5) is 18.9 Å². The molecule has 2 aromatic rings. The number of nitriles is 1. The van der Waals surface area contributed by atoms with E-state index in [1.54, 1.807) is 37.3 Å². The summed E-state index contributed by atoms with van der Waals surface area (Å²) in [5, 5.41) is 11.6. The monoisotopic (exact) mass is 348 g/mol. The van der Waals surface area contributed by atoms with Crippen molar-refractivity contribution in [3.05, 3.63) is 59.7 Å². The van der Waals surface area contributed by atoms with Gasteiger partial charge >= 0.3 is 6.18 Å². The van der Waals surface area contributed by atoms with Crippen molar-refractivity contribution in [3.63, 3.8) is 0 Å². The Morgan fingerprint density at radius 3 is 2.64 bits per heavy atom. The Balaban J connectivity index is 2.09. The molecule has 0 aromatic heterocycles.